The molecular weight excluding hydrogens is 753 g/mol. The first-order valence-corrected chi connectivity index (χ1v) is 21.9. The average molecular weight is 819 g/mol. The van der Waals surface area contributed by atoms with E-state index >= 15 is 0 Å². The van der Waals surface area contributed by atoms with Gasteiger partial charge in [-0.15, -0.1) is 0 Å². The van der Waals surface area contributed by atoms with Gasteiger partial charge in [-0.3, -0.25) is 9.59 Å². The first kappa shape index (κ1) is 47.1. The Morgan fingerprint density at radius 3 is 0.847 bits per heavy atom. The van der Waals surface area contributed by atoms with Crippen molar-refractivity contribution in [3.05, 3.63) is 118 Å². The van der Waals surface area contributed by atoms with Crippen LogP contribution in [-0.2, 0) is 19.4 Å². The van der Waals surface area contributed by atoms with Gasteiger partial charge in [-0.25, -0.2) is 8.42 Å². The number of sulfone groups is 1. The fourth-order valence-electron chi connectivity index (χ4n) is 6.78. The quantitative estimate of drug-likeness (QED) is 0.270. The van der Waals surface area contributed by atoms with E-state index < -0.39 is 20.7 Å². The molecule has 2 aliphatic rings. The summed E-state index contributed by atoms with van der Waals surface area (Å²) in [7, 11) is -3.86. The SMILES string of the molecule is CC(C)(C)C1=CC(=C(N=Nc2ccc(S(=O)(=O)c3ccc(N=NC(=C4C=C(C(C)(C)C)C(=O)C(C(C)(C)C)=C4)C(C)(C)C)cc3)cc2)C(C)(C)C)C=C(C(C)(C)C)C1=O. The third kappa shape index (κ3) is 11.0. The highest BCUT2D eigenvalue weighted by Gasteiger charge is 2.37. The second-order valence-corrected chi connectivity index (χ2v) is 23.8. The molecule has 4 rings (SSSR count). The molecule has 9 heteroatoms. The van der Waals surface area contributed by atoms with Gasteiger partial charge in [-0.05, 0) is 106 Å². The molecule has 0 unspecified atom stereocenters. The molecule has 0 saturated heterocycles. The first-order valence-electron chi connectivity index (χ1n) is 20.4. The number of hydrogen-bond donors (Lipinski definition) is 0. The molecule has 0 aliphatic heterocycles. The number of ketones is 2. The Kier molecular flexibility index (Phi) is 12.8. The minimum atomic E-state index is -3.86. The highest BCUT2D eigenvalue weighted by molar-refractivity contribution is 7.91. The summed E-state index contributed by atoms with van der Waals surface area (Å²) in [6.07, 6.45) is 7.78. The van der Waals surface area contributed by atoms with E-state index in [-0.39, 0.29) is 43.0 Å². The van der Waals surface area contributed by atoms with Gasteiger partial charge in [0.2, 0.25) is 9.84 Å². The van der Waals surface area contributed by atoms with E-state index in [1.165, 1.54) is 24.3 Å². The van der Waals surface area contributed by atoms with E-state index in [1.54, 1.807) is 24.3 Å². The topological polar surface area (TPSA) is 118 Å². The number of carbonyl (C=O) groups excluding carboxylic acids is 2. The summed E-state index contributed by atoms with van der Waals surface area (Å²) >= 11 is 0. The number of azo groups is 2. The van der Waals surface area contributed by atoms with E-state index in [9.17, 15) is 18.0 Å². The number of nitrogens with zero attached hydrogens (tertiary/aromatic N) is 4. The molecule has 59 heavy (non-hydrogen) atoms. The number of Topliss-reactive ketones (excluding diaryl/α,β-unsaturated/α-hetero) is 2. The van der Waals surface area contributed by atoms with Crippen molar-refractivity contribution in [1.82, 2.24) is 0 Å². The van der Waals surface area contributed by atoms with Crippen molar-refractivity contribution in [2.75, 3.05) is 0 Å². The zero-order chi connectivity index (χ0) is 44.9. The number of benzene rings is 2. The van der Waals surface area contributed by atoms with E-state index in [0.29, 0.717) is 11.4 Å². The Morgan fingerprint density at radius 2 is 0.644 bits per heavy atom. The maximum atomic E-state index is 13.8. The maximum absolute atomic E-state index is 13.8. The van der Waals surface area contributed by atoms with Crippen molar-refractivity contribution in [1.29, 1.82) is 0 Å². The van der Waals surface area contributed by atoms with Crippen molar-refractivity contribution < 1.29 is 18.0 Å². The molecule has 0 fully saturated rings. The van der Waals surface area contributed by atoms with Crippen LogP contribution in [0.4, 0.5) is 11.4 Å². The third-order valence-corrected chi connectivity index (χ3v) is 12.0. The van der Waals surface area contributed by atoms with Crippen molar-refractivity contribution in [3.8, 4) is 0 Å². The Labute approximate surface area is 354 Å². The van der Waals surface area contributed by atoms with Gasteiger partial charge in [-0.2, -0.15) is 20.5 Å². The van der Waals surface area contributed by atoms with Crippen LogP contribution in [0.1, 0.15) is 125 Å². The number of allylic oxidation sites excluding steroid dienone is 12. The zero-order valence-electron chi connectivity index (χ0n) is 38.8. The van der Waals surface area contributed by atoms with E-state index in [1.807, 2.05) is 107 Å². The third-order valence-electron chi connectivity index (χ3n) is 10.2. The fourth-order valence-corrected chi connectivity index (χ4v) is 8.04. The molecule has 2 aromatic rings. The number of rotatable bonds is 6. The van der Waals surface area contributed by atoms with Gasteiger partial charge < -0.3 is 0 Å². The first-order chi connectivity index (χ1) is 26.6. The molecular formula is C50H66N4O4S. The summed E-state index contributed by atoms with van der Waals surface area (Å²) in [6, 6.07) is 12.7. The van der Waals surface area contributed by atoms with Gasteiger partial charge >= 0.3 is 0 Å². The van der Waals surface area contributed by atoms with Crippen molar-refractivity contribution in [2.24, 2.45) is 52.9 Å². The van der Waals surface area contributed by atoms with Crippen LogP contribution in [0.3, 0.4) is 0 Å². The van der Waals surface area contributed by atoms with Crippen LogP contribution in [0.15, 0.2) is 148 Å². The van der Waals surface area contributed by atoms with Gasteiger partial charge in [0.15, 0.2) is 11.6 Å². The standard InChI is InChI=1S/C50H66N4O4S/c1-45(2,3)37-27-31(28-38(41(37)55)46(4,5)6)43(49(13,14)15)53-51-33-19-23-35(24-20-33)59(57,58)36-25-21-34(22-26-36)52-54-44(50(16,17)18)32-29-39(47(7,8)9)42(56)40(30-32)48(10,11)12/h19-30H,1-18H3. The highest BCUT2D eigenvalue weighted by atomic mass is 32.2. The minimum Gasteiger partial charge on any atom is -0.289 e. The molecule has 0 amide bonds. The summed E-state index contributed by atoms with van der Waals surface area (Å²) in [5.74, 6) is 0.104. The normalized spacial score (nSPS) is 16.7. The maximum Gasteiger partial charge on any atom is 0.206 e. The zero-order valence-corrected chi connectivity index (χ0v) is 39.6. The van der Waals surface area contributed by atoms with Crippen LogP contribution < -0.4 is 0 Å². The summed E-state index contributed by atoms with van der Waals surface area (Å²) < 4.78 is 27.5. The molecule has 2 aliphatic carbocycles. The molecule has 0 bridgehead atoms. The molecule has 0 saturated carbocycles. The van der Waals surface area contributed by atoms with Gasteiger partial charge in [0.1, 0.15) is 0 Å². The largest absolute Gasteiger partial charge is 0.289 e. The van der Waals surface area contributed by atoms with E-state index in [0.717, 1.165) is 44.8 Å². The summed E-state index contributed by atoms with van der Waals surface area (Å²) in [6.45, 7) is 36.8. The van der Waals surface area contributed by atoms with Gasteiger partial charge in [0.05, 0.1) is 32.6 Å². The molecule has 8 nitrogen and oxygen atoms in total. The lowest BCUT2D eigenvalue weighted by Crippen LogP contribution is -2.28. The Morgan fingerprint density at radius 1 is 0.407 bits per heavy atom. The van der Waals surface area contributed by atoms with Crippen LogP contribution in [0, 0.1) is 32.5 Å². The molecule has 0 atom stereocenters. The lowest BCUT2D eigenvalue weighted by atomic mass is 9.71. The van der Waals surface area contributed by atoms with Crippen molar-refractivity contribution >= 4 is 32.8 Å². The number of hydrogen-bond acceptors (Lipinski definition) is 8. The smallest absolute Gasteiger partial charge is 0.206 e. The van der Waals surface area contributed by atoms with E-state index in [2.05, 4.69) is 51.8 Å². The van der Waals surface area contributed by atoms with Crippen LogP contribution >= 0.6 is 0 Å². The van der Waals surface area contributed by atoms with Crippen LogP contribution in [-0.4, -0.2) is 20.0 Å². The minimum absolute atomic E-state index is 0.0520. The van der Waals surface area contributed by atoms with E-state index in [4.69, 9.17) is 10.2 Å². The van der Waals surface area contributed by atoms with Crippen molar-refractivity contribution in [3.63, 3.8) is 0 Å². The number of carbonyl (C=O) groups is 2. The Bertz CT molecular complexity index is 2140. The molecule has 0 aromatic heterocycles. The summed E-state index contributed by atoms with van der Waals surface area (Å²) in [4.78, 5) is 27.4. The molecule has 0 N–H and O–H groups in total. The summed E-state index contributed by atoms with van der Waals surface area (Å²) in [5.41, 5.74) is 4.74. The second kappa shape index (κ2) is 16.1. The van der Waals surface area contributed by atoms with Gasteiger partial charge in [-0.1, -0.05) is 125 Å². The van der Waals surface area contributed by atoms with Gasteiger partial charge in [0, 0.05) is 33.1 Å². The fraction of sp³-hybridized carbons (Fsp3) is 0.480. The second-order valence-electron chi connectivity index (χ2n) is 21.9. The predicted octanol–water partition coefficient (Wildman–Crippen LogP) is 14.3. The Balaban J connectivity index is 1.67. The lowest BCUT2D eigenvalue weighted by molar-refractivity contribution is -0.114. The Hall–Kier alpha value is -4.63. The highest BCUT2D eigenvalue weighted by Crippen LogP contribution is 2.44. The van der Waals surface area contributed by atoms with Crippen LogP contribution in [0.5, 0.6) is 0 Å². The monoisotopic (exact) mass is 818 g/mol. The molecule has 2 aromatic carbocycles. The molecule has 0 spiro atoms. The predicted molar refractivity (Wildman–Crippen MR) is 240 cm³/mol. The molecule has 0 radical (unpaired) electrons. The van der Waals surface area contributed by atoms with Crippen LogP contribution in [0.2, 0.25) is 0 Å². The molecule has 316 valence electrons. The lowest BCUT2D eigenvalue weighted by Gasteiger charge is -2.32. The van der Waals surface area contributed by atoms with Crippen LogP contribution in [0.25, 0.3) is 0 Å². The van der Waals surface area contributed by atoms with Crippen molar-refractivity contribution in [2.45, 2.75) is 134 Å². The molecule has 0 heterocycles. The van der Waals surface area contributed by atoms with Gasteiger partial charge in [0.25, 0.3) is 0 Å². The average Bonchev–Trinajstić information content (AvgIpc) is 3.06. The summed E-state index contributed by atoms with van der Waals surface area (Å²) in [5, 5.41) is 18.5.